The van der Waals surface area contributed by atoms with Gasteiger partial charge >= 0.3 is 6.18 Å². The third-order valence-electron chi connectivity index (χ3n) is 2.22. The Bertz CT molecular complexity index is 601. The summed E-state index contributed by atoms with van der Waals surface area (Å²) in [5.41, 5.74) is 0.955. The molecule has 2 heterocycles. The van der Waals surface area contributed by atoms with E-state index in [0.29, 0.717) is 6.54 Å². The van der Waals surface area contributed by atoms with Crippen LogP contribution in [0, 0.1) is 0 Å². The highest BCUT2D eigenvalue weighted by Crippen LogP contribution is 2.30. The molecule has 2 rings (SSSR count). The number of nitrogens with two attached hydrogens (primary N) is 1. The molecule has 0 saturated carbocycles. The lowest BCUT2D eigenvalue weighted by molar-refractivity contribution is -0.141. The van der Waals surface area contributed by atoms with E-state index in [0.717, 1.165) is 14.7 Å². The van der Waals surface area contributed by atoms with Crippen molar-refractivity contribution in [1.29, 1.82) is 0 Å². The van der Waals surface area contributed by atoms with Crippen molar-refractivity contribution < 1.29 is 13.2 Å². The number of rotatable bonds is 4. The van der Waals surface area contributed by atoms with Crippen molar-refractivity contribution in [2.24, 2.45) is 5.84 Å². The van der Waals surface area contributed by atoms with Gasteiger partial charge in [0, 0.05) is 10.9 Å². The molecule has 0 amide bonds. The lowest BCUT2D eigenvalue weighted by Crippen LogP contribution is -2.16. The van der Waals surface area contributed by atoms with E-state index >= 15 is 0 Å². The Morgan fingerprint density at radius 1 is 1.30 bits per heavy atom. The minimum Gasteiger partial charge on any atom is -0.365 e. The van der Waals surface area contributed by atoms with E-state index < -0.39 is 11.9 Å². The SMILES string of the molecule is NNc1nc(NCc2ccc(Br)s2)cc(C(F)(F)F)n1. The summed E-state index contributed by atoms with van der Waals surface area (Å²) in [6.07, 6.45) is -4.56. The van der Waals surface area contributed by atoms with Gasteiger partial charge in [0.1, 0.15) is 5.82 Å². The van der Waals surface area contributed by atoms with Crippen LogP contribution in [0.1, 0.15) is 10.6 Å². The lowest BCUT2D eigenvalue weighted by Gasteiger charge is -2.10. The molecule has 4 N–H and O–H groups in total. The van der Waals surface area contributed by atoms with Gasteiger partial charge in [-0.1, -0.05) is 0 Å². The first-order valence-electron chi connectivity index (χ1n) is 5.29. The average molecular weight is 368 g/mol. The zero-order valence-corrected chi connectivity index (χ0v) is 12.2. The number of aromatic nitrogens is 2. The largest absolute Gasteiger partial charge is 0.433 e. The third-order valence-corrected chi connectivity index (χ3v) is 3.84. The first-order valence-corrected chi connectivity index (χ1v) is 6.90. The van der Waals surface area contributed by atoms with E-state index in [2.05, 4.69) is 31.2 Å². The minimum absolute atomic E-state index is 0.0461. The van der Waals surface area contributed by atoms with Crippen molar-refractivity contribution in [3.8, 4) is 0 Å². The number of nitrogens with one attached hydrogen (secondary N) is 2. The molecule has 0 spiro atoms. The molecule has 0 aliphatic rings. The highest BCUT2D eigenvalue weighted by molar-refractivity contribution is 9.11. The van der Waals surface area contributed by atoms with Crippen LogP contribution in [-0.4, -0.2) is 9.97 Å². The summed E-state index contributed by atoms with van der Waals surface area (Å²) in [4.78, 5) is 8.04. The molecule has 0 radical (unpaired) electrons. The predicted molar refractivity (Wildman–Crippen MR) is 74.2 cm³/mol. The molecule has 108 valence electrons. The molecule has 2 aromatic rings. The van der Waals surface area contributed by atoms with Crippen molar-refractivity contribution in [3.63, 3.8) is 0 Å². The summed E-state index contributed by atoms with van der Waals surface area (Å²) in [6, 6.07) is 4.55. The second-order valence-corrected chi connectivity index (χ2v) is 6.21. The van der Waals surface area contributed by atoms with Crippen molar-refractivity contribution in [2.45, 2.75) is 12.7 Å². The number of halogens is 4. The fraction of sp³-hybridized carbons (Fsp3) is 0.200. The molecule has 0 aliphatic carbocycles. The summed E-state index contributed by atoms with van der Waals surface area (Å²) in [7, 11) is 0. The molecular weight excluding hydrogens is 359 g/mol. The van der Waals surface area contributed by atoms with Gasteiger partial charge in [0.05, 0.1) is 10.3 Å². The van der Waals surface area contributed by atoms with Crippen LogP contribution in [0.15, 0.2) is 22.0 Å². The highest BCUT2D eigenvalue weighted by atomic mass is 79.9. The molecule has 20 heavy (non-hydrogen) atoms. The maximum absolute atomic E-state index is 12.7. The number of thiophene rings is 1. The zero-order valence-electron chi connectivity index (χ0n) is 9.83. The maximum Gasteiger partial charge on any atom is 0.433 e. The van der Waals surface area contributed by atoms with Gasteiger partial charge in [-0.05, 0) is 28.1 Å². The molecule has 0 saturated heterocycles. The van der Waals surface area contributed by atoms with Crippen LogP contribution < -0.4 is 16.6 Å². The number of anilines is 2. The van der Waals surface area contributed by atoms with Crippen LogP contribution in [-0.2, 0) is 12.7 Å². The van der Waals surface area contributed by atoms with Gasteiger partial charge < -0.3 is 5.32 Å². The monoisotopic (exact) mass is 367 g/mol. The lowest BCUT2D eigenvalue weighted by atomic mass is 10.3. The molecule has 0 unspecified atom stereocenters. The van der Waals surface area contributed by atoms with E-state index in [1.54, 1.807) is 0 Å². The van der Waals surface area contributed by atoms with Crippen molar-refractivity contribution in [2.75, 3.05) is 10.7 Å². The number of nitrogen functional groups attached to an aromatic ring is 1. The van der Waals surface area contributed by atoms with Crippen LogP contribution in [0.25, 0.3) is 0 Å². The Hall–Kier alpha value is -1.39. The zero-order chi connectivity index (χ0) is 14.8. The number of hydrazine groups is 1. The second kappa shape index (κ2) is 5.94. The topological polar surface area (TPSA) is 75.9 Å². The first-order chi connectivity index (χ1) is 9.38. The summed E-state index contributed by atoms with van der Waals surface area (Å²) in [5.74, 6) is 4.82. The number of nitrogens with zero attached hydrogens (tertiary/aromatic N) is 2. The number of hydrogen-bond acceptors (Lipinski definition) is 6. The van der Waals surface area contributed by atoms with E-state index in [4.69, 9.17) is 5.84 Å². The van der Waals surface area contributed by atoms with Crippen LogP contribution >= 0.6 is 27.3 Å². The van der Waals surface area contributed by atoms with Crippen LogP contribution in [0.3, 0.4) is 0 Å². The number of hydrogen-bond donors (Lipinski definition) is 3. The van der Waals surface area contributed by atoms with Crippen LogP contribution in [0.5, 0.6) is 0 Å². The maximum atomic E-state index is 12.7. The average Bonchev–Trinajstić information content (AvgIpc) is 2.81. The summed E-state index contributed by atoms with van der Waals surface area (Å²) in [6.45, 7) is 0.356. The fourth-order valence-electron chi connectivity index (χ4n) is 1.37. The molecule has 0 atom stereocenters. The molecule has 0 aliphatic heterocycles. The van der Waals surface area contributed by atoms with Gasteiger partial charge in [-0.2, -0.15) is 18.2 Å². The van der Waals surface area contributed by atoms with Gasteiger partial charge in [-0.25, -0.2) is 10.8 Å². The van der Waals surface area contributed by atoms with Crippen molar-refractivity contribution >= 4 is 39.0 Å². The smallest absolute Gasteiger partial charge is 0.365 e. The highest BCUT2D eigenvalue weighted by Gasteiger charge is 2.33. The first kappa shape index (κ1) is 15.0. The predicted octanol–water partition coefficient (Wildman–Crippen LogP) is 3.22. The molecule has 10 heteroatoms. The molecule has 0 fully saturated rings. The fourth-order valence-corrected chi connectivity index (χ4v) is 2.79. The van der Waals surface area contributed by atoms with Gasteiger partial charge in [0.15, 0.2) is 5.69 Å². The normalized spacial score (nSPS) is 11.4. The second-order valence-electron chi connectivity index (χ2n) is 3.66. The quantitative estimate of drug-likeness (QED) is 0.571. The number of alkyl halides is 3. The Morgan fingerprint density at radius 2 is 2.05 bits per heavy atom. The van der Waals surface area contributed by atoms with Crippen molar-refractivity contribution in [1.82, 2.24) is 9.97 Å². The van der Waals surface area contributed by atoms with E-state index in [9.17, 15) is 13.2 Å². The standard InChI is InChI=1S/C10H9BrF3N5S/c11-7-2-1-5(20-7)4-16-8-3-6(10(12,13)14)17-9(18-8)19-15/h1-3H,4,15H2,(H2,16,17,18,19). The Kier molecular flexibility index (Phi) is 4.45. The van der Waals surface area contributed by atoms with E-state index in [-0.39, 0.29) is 11.8 Å². The van der Waals surface area contributed by atoms with Gasteiger partial charge in [-0.15, -0.1) is 11.3 Å². The molecule has 0 bridgehead atoms. The Morgan fingerprint density at radius 3 is 2.60 bits per heavy atom. The molecule has 2 aromatic heterocycles. The minimum atomic E-state index is -4.56. The summed E-state index contributed by atoms with van der Waals surface area (Å²) < 4.78 is 38.9. The Balaban J connectivity index is 2.18. The van der Waals surface area contributed by atoms with Gasteiger partial charge in [0.25, 0.3) is 0 Å². The molecular formula is C10H9BrF3N5S. The van der Waals surface area contributed by atoms with Gasteiger partial charge in [0.2, 0.25) is 5.95 Å². The molecule has 5 nitrogen and oxygen atoms in total. The van der Waals surface area contributed by atoms with Crippen LogP contribution in [0.2, 0.25) is 0 Å². The molecule has 0 aromatic carbocycles. The van der Waals surface area contributed by atoms with Crippen LogP contribution in [0.4, 0.5) is 24.9 Å². The summed E-state index contributed by atoms with van der Waals surface area (Å²) >= 11 is 4.78. The van der Waals surface area contributed by atoms with E-state index in [1.807, 2.05) is 17.6 Å². The van der Waals surface area contributed by atoms with E-state index in [1.165, 1.54) is 11.3 Å². The summed E-state index contributed by atoms with van der Waals surface area (Å²) in [5, 5.41) is 2.80. The van der Waals surface area contributed by atoms with Crippen molar-refractivity contribution in [3.05, 3.63) is 32.6 Å². The third kappa shape index (κ3) is 3.81. The Labute approximate surface area is 124 Å². The van der Waals surface area contributed by atoms with Gasteiger partial charge in [-0.3, -0.25) is 5.43 Å².